The van der Waals surface area contributed by atoms with Crippen molar-refractivity contribution in [3.63, 3.8) is 0 Å². The van der Waals surface area contributed by atoms with E-state index in [4.69, 9.17) is 9.57 Å². The van der Waals surface area contributed by atoms with Crippen molar-refractivity contribution in [1.29, 1.82) is 0 Å². The third kappa shape index (κ3) is 1.32. The fourth-order valence-corrected chi connectivity index (χ4v) is 0.914. The first-order valence-electron chi connectivity index (χ1n) is 3.60. The van der Waals surface area contributed by atoms with E-state index in [1.165, 1.54) is 0 Å². The van der Waals surface area contributed by atoms with Gasteiger partial charge in [0.05, 0.1) is 6.20 Å². The van der Waals surface area contributed by atoms with Crippen molar-refractivity contribution < 1.29 is 9.57 Å². The molecule has 1 N–H and O–H groups in total. The second-order valence-corrected chi connectivity index (χ2v) is 2.26. The Morgan fingerprint density at radius 3 is 3.17 bits per heavy atom. The number of nitrogens with zero attached hydrogens (tertiary/aromatic N) is 1. The summed E-state index contributed by atoms with van der Waals surface area (Å²) < 4.78 is 5.28. The van der Waals surface area contributed by atoms with Crippen molar-refractivity contribution in [3.8, 4) is 0 Å². The Balaban J connectivity index is 2.17. The van der Waals surface area contributed by atoms with Gasteiger partial charge in [0.25, 0.3) is 0 Å². The van der Waals surface area contributed by atoms with Crippen LogP contribution in [0.1, 0.15) is 0 Å². The van der Waals surface area contributed by atoms with E-state index in [0.717, 1.165) is 5.70 Å². The smallest absolute Gasteiger partial charge is 0.164 e. The summed E-state index contributed by atoms with van der Waals surface area (Å²) in [5.74, 6) is 0.696. The lowest BCUT2D eigenvalue weighted by Crippen LogP contribution is -2.17. The van der Waals surface area contributed by atoms with Gasteiger partial charge in [-0.25, -0.2) is 5.48 Å². The van der Waals surface area contributed by atoms with Crippen LogP contribution in [-0.4, -0.2) is 12.8 Å². The zero-order chi connectivity index (χ0) is 8.23. The fraction of sp³-hybridized carbons (Fsp3) is 0.125. The minimum Gasteiger partial charge on any atom is -0.484 e. The molecule has 2 heterocycles. The van der Waals surface area contributed by atoms with Gasteiger partial charge in [0.1, 0.15) is 18.6 Å². The lowest BCUT2D eigenvalue weighted by molar-refractivity contribution is 0.146. The van der Waals surface area contributed by atoms with E-state index in [2.05, 4.69) is 10.5 Å². The van der Waals surface area contributed by atoms with E-state index in [0.29, 0.717) is 12.4 Å². The number of hydrogen-bond donors (Lipinski definition) is 1. The van der Waals surface area contributed by atoms with Crippen LogP contribution in [0.2, 0.25) is 0 Å². The number of hydrogen-bond acceptors (Lipinski definition) is 4. The van der Waals surface area contributed by atoms with Crippen LogP contribution in [0, 0.1) is 0 Å². The molecule has 0 aromatic carbocycles. The van der Waals surface area contributed by atoms with Gasteiger partial charge in [-0.2, -0.15) is 0 Å². The van der Waals surface area contributed by atoms with Crippen molar-refractivity contribution in [1.82, 2.24) is 5.48 Å². The van der Waals surface area contributed by atoms with Gasteiger partial charge in [-0.1, -0.05) is 0 Å². The maximum atomic E-state index is 5.28. The third-order valence-electron chi connectivity index (χ3n) is 1.45. The van der Waals surface area contributed by atoms with Gasteiger partial charge < -0.3 is 9.57 Å². The second-order valence-electron chi connectivity index (χ2n) is 2.26. The number of rotatable bonds is 1. The third-order valence-corrected chi connectivity index (χ3v) is 1.45. The molecule has 0 aromatic heterocycles. The minimum absolute atomic E-state index is 0.508. The first kappa shape index (κ1) is 6.97. The highest BCUT2D eigenvalue weighted by Gasteiger charge is 2.09. The molecule has 0 aliphatic carbocycles. The summed E-state index contributed by atoms with van der Waals surface area (Å²) in [6.07, 6.45) is 8.54. The summed E-state index contributed by atoms with van der Waals surface area (Å²) in [7, 11) is 0. The van der Waals surface area contributed by atoms with Gasteiger partial charge in [0, 0.05) is 6.21 Å². The van der Waals surface area contributed by atoms with E-state index < -0.39 is 0 Å². The lowest BCUT2D eigenvalue weighted by Gasteiger charge is -2.16. The zero-order valence-corrected chi connectivity index (χ0v) is 6.36. The van der Waals surface area contributed by atoms with Crippen LogP contribution in [-0.2, 0) is 9.57 Å². The molecule has 0 aromatic rings. The Morgan fingerprint density at radius 1 is 1.50 bits per heavy atom. The van der Waals surface area contributed by atoms with E-state index in [1.54, 1.807) is 24.8 Å². The molecule has 0 radical (unpaired) electrons. The molecule has 2 aliphatic heterocycles. The maximum Gasteiger partial charge on any atom is 0.164 e. The highest BCUT2D eigenvalue weighted by Crippen LogP contribution is 2.13. The summed E-state index contributed by atoms with van der Waals surface area (Å²) in [5.41, 5.74) is 3.48. The van der Waals surface area contributed by atoms with Gasteiger partial charge in [-0.15, -0.1) is 0 Å². The van der Waals surface area contributed by atoms with Crippen LogP contribution in [0.3, 0.4) is 0 Å². The van der Waals surface area contributed by atoms with E-state index in [-0.39, 0.29) is 0 Å². The summed E-state index contributed by atoms with van der Waals surface area (Å²) in [4.78, 5) is 8.82. The standard InChI is InChI=1S/C8H8N2O2/c1-2-7(10-12-4-1)8-6-9-3-5-11-8/h1-4,6,10H,5H2. The molecule has 0 bridgehead atoms. The summed E-state index contributed by atoms with van der Waals surface area (Å²) in [5, 5.41) is 0. The first-order valence-corrected chi connectivity index (χ1v) is 3.60. The average Bonchev–Trinajstić information content (AvgIpc) is 2.21. The van der Waals surface area contributed by atoms with E-state index >= 15 is 0 Å². The van der Waals surface area contributed by atoms with Crippen molar-refractivity contribution in [2.75, 3.05) is 6.61 Å². The van der Waals surface area contributed by atoms with Gasteiger partial charge in [0.15, 0.2) is 5.76 Å². The maximum absolute atomic E-state index is 5.28. The summed E-state index contributed by atoms with van der Waals surface area (Å²) >= 11 is 0. The molecule has 0 amide bonds. The highest BCUT2D eigenvalue weighted by molar-refractivity contribution is 5.61. The van der Waals surface area contributed by atoms with E-state index in [1.807, 2.05) is 6.08 Å². The number of ether oxygens (including phenoxy) is 1. The molecule has 0 saturated carbocycles. The van der Waals surface area contributed by atoms with Gasteiger partial charge in [-0.3, -0.25) is 4.99 Å². The van der Waals surface area contributed by atoms with Crippen LogP contribution in [0.15, 0.2) is 41.1 Å². The minimum atomic E-state index is 0.508. The second kappa shape index (κ2) is 3.13. The Bertz CT molecular complexity index is 259. The zero-order valence-electron chi connectivity index (χ0n) is 6.36. The number of hydroxylamine groups is 1. The Labute approximate surface area is 69.8 Å². The van der Waals surface area contributed by atoms with Gasteiger partial charge >= 0.3 is 0 Å². The molecule has 2 rings (SSSR count). The fourth-order valence-electron chi connectivity index (χ4n) is 0.914. The molecule has 0 fully saturated rings. The normalized spacial score (nSPS) is 20.0. The topological polar surface area (TPSA) is 42.8 Å². The quantitative estimate of drug-likeness (QED) is 0.625. The molecule has 12 heavy (non-hydrogen) atoms. The Kier molecular flexibility index (Phi) is 1.82. The average molecular weight is 164 g/mol. The predicted molar refractivity (Wildman–Crippen MR) is 44.0 cm³/mol. The molecule has 0 saturated heterocycles. The number of aliphatic imine (C=N–C) groups is 1. The van der Waals surface area contributed by atoms with Crippen molar-refractivity contribution >= 4 is 6.21 Å². The van der Waals surface area contributed by atoms with Crippen LogP contribution in [0.5, 0.6) is 0 Å². The SMILES string of the molecule is C1=CONC(C2=CN=CCO2)=C1. The van der Waals surface area contributed by atoms with Crippen molar-refractivity contribution in [2.24, 2.45) is 4.99 Å². The molecule has 2 aliphatic rings. The molecule has 62 valence electrons. The lowest BCUT2D eigenvalue weighted by atomic mass is 10.3. The molecule has 0 atom stereocenters. The summed E-state index contributed by atoms with van der Waals surface area (Å²) in [6, 6.07) is 0. The van der Waals surface area contributed by atoms with Crippen LogP contribution < -0.4 is 5.48 Å². The summed E-state index contributed by atoms with van der Waals surface area (Å²) in [6.45, 7) is 0.508. The highest BCUT2D eigenvalue weighted by atomic mass is 16.6. The largest absolute Gasteiger partial charge is 0.484 e. The van der Waals surface area contributed by atoms with Crippen LogP contribution in [0.25, 0.3) is 0 Å². The van der Waals surface area contributed by atoms with Gasteiger partial charge in [0.2, 0.25) is 0 Å². The predicted octanol–water partition coefficient (Wildman–Crippen LogP) is 0.861. The monoisotopic (exact) mass is 164 g/mol. The first-order chi connectivity index (χ1) is 5.97. The Hall–Kier alpha value is -1.71. The van der Waals surface area contributed by atoms with Crippen LogP contribution >= 0.6 is 0 Å². The molecule has 0 unspecified atom stereocenters. The molecular formula is C8H8N2O2. The van der Waals surface area contributed by atoms with Gasteiger partial charge in [-0.05, 0) is 12.2 Å². The van der Waals surface area contributed by atoms with E-state index in [9.17, 15) is 0 Å². The van der Waals surface area contributed by atoms with Crippen molar-refractivity contribution in [3.05, 3.63) is 36.1 Å². The molecular weight excluding hydrogens is 156 g/mol. The van der Waals surface area contributed by atoms with Crippen molar-refractivity contribution in [2.45, 2.75) is 0 Å². The molecule has 0 spiro atoms. The Morgan fingerprint density at radius 2 is 2.50 bits per heavy atom. The molecule has 4 nitrogen and oxygen atoms in total. The number of nitrogens with one attached hydrogen (secondary N) is 1. The number of allylic oxidation sites excluding steroid dienone is 2. The molecule has 4 heteroatoms. The van der Waals surface area contributed by atoms with Crippen LogP contribution in [0.4, 0.5) is 0 Å².